The van der Waals surface area contributed by atoms with Crippen LogP contribution < -0.4 is 0 Å². The zero-order chi connectivity index (χ0) is 11.5. The fourth-order valence-corrected chi connectivity index (χ4v) is 1.50. The number of aryl methyl sites for hydroxylation is 2. The summed E-state index contributed by atoms with van der Waals surface area (Å²) in [6.07, 6.45) is 2.14. The first-order valence-electron chi connectivity index (χ1n) is 5.05. The van der Waals surface area contributed by atoms with Crippen molar-refractivity contribution in [2.45, 2.75) is 13.8 Å². The van der Waals surface area contributed by atoms with Crippen molar-refractivity contribution in [1.29, 1.82) is 0 Å². The predicted molar refractivity (Wildman–Crippen MR) is 62.3 cm³/mol. The summed E-state index contributed by atoms with van der Waals surface area (Å²) in [5.41, 5.74) is 4.65. The molecule has 80 valence electrons. The number of rotatable bonds is 2. The Morgan fingerprint density at radius 2 is 1.88 bits per heavy atom. The molecule has 0 N–H and O–H groups in total. The molecule has 0 unspecified atom stereocenters. The van der Waals surface area contributed by atoms with E-state index in [0.717, 1.165) is 17.5 Å². The smallest absolute Gasteiger partial charge is 0.168 e. The Balaban J connectivity index is 2.49. The van der Waals surface area contributed by atoms with Gasteiger partial charge in [-0.05, 0) is 37.1 Å². The summed E-state index contributed by atoms with van der Waals surface area (Å²) in [5.74, 6) is 0. The van der Waals surface area contributed by atoms with Gasteiger partial charge in [0.15, 0.2) is 6.29 Å². The van der Waals surface area contributed by atoms with Crippen LogP contribution in [0.5, 0.6) is 0 Å². The largest absolute Gasteiger partial charge is 0.296 e. The minimum atomic E-state index is 0.406. The number of carbonyl (C=O) groups excluding carboxylic acids is 1. The number of aldehydes is 1. The molecular formula is C13H12N2O. The number of hydrogen-bond acceptors (Lipinski definition) is 3. The summed E-state index contributed by atoms with van der Waals surface area (Å²) in [4.78, 5) is 18.6. The van der Waals surface area contributed by atoms with E-state index in [1.165, 1.54) is 17.5 Å². The summed E-state index contributed by atoms with van der Waals surface area (Å²) in [6.45, 7) is 4.12. The highest BCUT2D eigenvalue weighted by Crippen LogP contribution is 2.19. The molecule has 0 aliphatic rings. The first-order chi connectivity index (χ1) is 7.70. The molecule has 0 spiro atoms. The average Bonchev–Trinajstić information content (AvgIpc) is 2.33. The molecule has 0 aliphatic heterocycles. The summed E-state index contributed by atoms with van der Waals surface area (Å²) in [7, 11) is 0. The zero-order valence-corrected chi connectivity index (χ0v) is 9.27. The maximum atomic E-state index is 10.6. The number of hydrogen-bond donors (Lipinski definition) is 0. The molecule has 1 aromatic carbocycles. The SMILES string of the molecule is Cc1ccc(-c2cc(C=O)ncn2)cc1C. The van der Waals surface area contributed by atoms with Gasteiger partial charge in [-0.3, -0.25) is 4.79 Å². The van der Waals surface area contributed by atoms with Gasteiger partial charge in [-0.1, -0.05) is 12.1 Å². The van der Waals surface area contributed by atoms with Crippen LogP contribution in [0.4, 0.5) is 0 Å². The standard InChI is InChI=1S/C13H12N2O/c1-9-3-4-11(5-10(9)2)13-6-12(7-16)14-8-15-13/h3-8H,1-2H3. The normalized spacial score (nSPS) is 10.1. The lowest BCUT2D eigenvalue weighted by Crippen LogP contribution is -1.92. The Labute approximate surface area is 94.2 Å². The third-order valence-electron chi connectivity index (χ3n) is 2.61. The molecule has 1 aromatic heterocycles. The van der Waals surface area contributed by atoms with Gasteiger partial charge in [-0.25, -0.2) is 9.97 Å². The molecule has 0 bridgehead atoms. The second-order valence-corrected chi connectivity index (χ2v) is 3.75. The van der Waals surface area contributed by atoms with Crippen molar-refractivity contribution in [2.24, 2.45) is 0 Å². The van der Waals surface area contributed by atoms with Crippen LogP contribution in [0.25, 0.3) is 11.3 Å². The summed E-state index contributed by atoms with van der Waals surface area (Å²) < 4.78 is 0. The van der Waals surface area contributed by atoms with E-state index in [1.807, 2.05) is 12.1 Å². The average molecular weight is 212 g/mol. The van der Waals surface area contributed by atoms with E-state index in [0.29, 0.717) is 5.69 Å². The lowest BCUT2D eigenvalue weighted by atomic mass is 10.0. The van der Waals surface area contributed by atoms with Crippen LogP contribution in [0.2, 0.25) is 0 Å². The molecule has 2 aromatic rings. The maximum absolute atomic E-state index is 10.6. The molecule has 0 amide bonds. The van der Waals surface area contributed by atoms with E-state index in [1.54, 1.807) is 6.07 Å². The van der Waals surface area contributed by atoms with Crippen LogP contribution in [0.1, 0.15) is 21.6 Å². The van der Waals surface area contributed by atoms with Crippen LogP contribution >= 0.6 is 0 Å². The number of carbonyl (C=O) groups is 1. The molecule has 16 heavy (non-hydrogen) atoms. The second-order valence-electron chi connectivity index (χ2n) is 3.75. The Hall–Kier alpha value is -2.03. The van der Waals surface area contributed by atoms with Crippen LogP contribution in [0.3, 0.4) is 0 Å². The monoisotopic (exact) mass is 212 g/mol. The molecule has 0 saturated heterocycles. The highest BCUT2D eigenvalue weighted by molar-refractivity contribution is 5.74. The van der Waals surface area contributed by atoms with E-state index < -0.39 is 0 Å². The summed E-state index contributed by atoms with van der Waals surface area (Å²) >= 11 is 0. The highest BCUT2D eigenvalue weighted by Gasteiger charge is 2.02. The van der Waals surface area contributed by atoms with Gasteiger partial charge in [0.05, 0.1) is 5.69 Å². The van der Waals surface area contributed by atoms with Gasteiger partial charge >= 0.3 is 0 Å². The number of benzene rings is 1. The molecule has 2 rings (SSSR count). The van der Waals surface area contributed by atoms with Crippen molar-refractivity contribution in [3.63, 3.8) is 0 Å². The number of aromatic nitrogens is 2. The van der Waals surface area contributed by atoms with Gasteiger partial charge in [-0.15, -0.1) is 0 Å². The topological polar surface area (TPSA) is 42.9 Å². The van der Waals surface area contributed by atoms with Gasteiger partial charge in [0, 0.05) is 5.56 Å². The zero-order valence-electron chi connectivity index (χ0n) is 9.27. The van der Waals surface area contributed by atoms with Crippen molar-refractivity contribution in [2.75, 3.05) is 0 Å². The Morgan fingerprint density at radius 3 is 2.56 bits per heavy atom. The van der Waals surface area contributed by atoms with E-state index in [9.17, 15) is 4.79 Å². The third-order valence-corrected chi connectivity index (χ3v) is 2.61. The molecule has 3 heteroatoms. The molecule has 3 nitrogen and oxygen atoms in total. The summed E-state index contributed by atoms with van der Waals surface area (Å²) in [6, 6.07) is 7.80. The quantitative estimate of drug-likeness (QED) is 0.718. The van der Waals surface area contributed by atoms with Crippen molar-refractivity contribution >= 4 is 6.29 Å². The predicted octanol–water partition coefficient (Wildman–Crippen LogP) is 2.57. The van der Waals surface area contributed by atoms with E-state index in [2.05, 4.69) is 29.9 Å². The molecule has 0 atom stereocenters. The van der Waals surface area contributed by atoms with Gasteiger partial charge in [-0.2, -0.15) is 0 Å². The third kappa shape index (κ3) is 1.98. The minimum Gasteiger partial charge on any atom is -0.296 e. The summed E-state index contributed by atoms with van der Waals surface area (Å²) in [5, 5.41) is 0. The molecule has 0 saturated carbocycles. The number of nitrogens with zero attached hydrogens (tertiary/aromatic N) is 2. The first kappa shape index (κ1) is 10.5. The fourth-order valence-electron chi connectivity index (χ4n) is 1.50. The van der Waals surface area contributed by atoms with E-state index in [4.69, 9.17) is 0 Å². The van der Waals surface area contributed by atoms with E-state index >= 15 is 0 Å². The van der Waals surface area contributed by atoms with Crippen LogP contribution in [-0.4, -0.2) is 16.3 Å². The molecule has 0 fully saturated rings. The lowest BCUT2D eigenvalue weighted by molar-refractivity contribution is 0.111. The second kappa shape index (κ2) is 4.23. The molecule has 0 aliphatic carbocycles. The fraction of sp³-hybridized carbons (Fsp3) is 0.154. The first-order valence-corrected chi connectivity index (χ1v) is 5.05. The Morgan fingerprint density at radius 1 is 1.06 bits per heavy atom. The lowest BCUT2D eigenvalue weighted by Gasteiger charge is -2.04. The van der Waals surface area contributed by atoms with Gasteiger partial charge in [0.25, 0.3) is 0 Å². The van der Waals surface area contributed by atoms with Crippen LogP contribution in [-0.2, 0) is 0 Å². The Bertz CT molecular complexity index is 535. The molecule has 0 radical (unpaired) electrons. The molecular weight excluding hydrogens is 200 g/mol. The minimum absolute atomic E-state index is 0.406. The Kier molecular flexibility index (Phi) is 2.77. The van der Waals surface area contributed by atoms with Crippen LogP contribution in [0.15, 0.2) is 30.6 Å². The van der Waals surface area contributed by atoms with Gasteiger partial charge in [0.2, 0.25) is 0 Å². The maximum Gasteiger partial charge on any atom is 0.168 e. The van der Waals surface area contributed by atoms with Gasteiger partial charge < -0.3 is 0 Å². The molecule has 1 heterocycles. The highest BCUT2D eigenvalue weighted by atomic mass is 16.1. The van der Waals surface area contributed by atoms with Gasteiger partial charge in [0.1, 0.15) is 12.0 Å². The van der Waals surface area contributed by atoms with E-state index in [-0.39, 0.29) is 0 Å². The van der Waals surface area contributed by atoms with Crippen LogP contribution in [0, 0.1) is 13.8 Å². The van der Waals surface area contributed by atoms with Crippen molar-refractivity contribution in [3.8, 4) is 11.3 Å². The van der Waals surface area contributed by atoms with Crippen molar-refractivity contribution in [3.05, 3.63) is 47.4 Å². The van der Waals surface area contributed by atoms with Crippen molar-refractivity contribution in [1.82, 2.24) is 9.97 Å². The van der Waals surface area contributed by atoms with Crippen molar-refractivity contribution < 1.29 is 4.79 Å².